The lowest BCUT2D eigenvalue weighted by molar-refractivity contribution is -0.0128. The summed E-state index contributed by atoms with van der Waals surface area (Å²) in [5.74, 6) is 1.05. The molecular formula is C14H25N5O. The minimum Gasteiger partial charge on any atom is -0.378 e. The Morgan fingerprint density at radius 1 is 1.45 bits per heavy atom. The highest BCUT2D eigenvalue weighted by molar-refractivity contribution is 4.91. The molecule has 2 aliphatic rings. The lowest BCUT2D eigenvalue weighted by Gasteiger charge is -2.35. The number of nitrogens with one attached hydrogen (secondary N) is 1. The maximum Gasteiger partial charge on any atom is 0.141 e. The summed E-state index contributed by atoms with van der Waals surface area (Å²) in [6.07, 6.45) is 4.32. The number of aromatic nitrogens is 3. The lowest BCUT2D eigenvalue weighted by Crippen LogP contribution is -2.50. The van der Waals surface area contributed by atoms with E-state index in [1.54, 1.807) is 6.33 Å². The van der Waals surface area contributed by atoms with Crippen molar-refractivity contribution in [2.24, 2.45) is 0 Å². The smallest absolute Gasteiger partial charge is 0.141 e. The van der Waals surface area contributed by atoms with Crippen LogP contribution < -0.4 is 5.32 Å². The van der Waals surface area contributed by atoms with Crippen LogP contribution in [0.3, 0.4) is 0 Å². The van der Waals surface area contributed by atoms with Gasteiger partial charge < -0.3 is 10.1 Å². The van der Waals surface area contributed by atoms with Crippen LogP contribution in [0.15, 0.2) is 6.33 Å². The molecule has 0 spiro atoms. The highest BCUT2D eigenvalue weighted by atomic mass is 16.5. The number of hydrogen-bond acceptors (Lipinski definition) is 5. The fourth-order valence-electron chi connectivity index (χ4n) is 2.68. The third-order valence-corrected chi connectivity index (χ3v) is 4.05. The van der Waals surface area contributed by atoms with E-state index in [4.69, 9.17) is 4.74 Å². The molecule has 1 atom stereocenters. The van der Waals surface area contributed by atoms with E-state index in [9.17, 15) is 0 Å². The summed E-state index contributed by atoms with van der Waals surface area (Å²) in [5, 5.41) is 7.93. The van der Waals surface area contributed by atoms with Gasteiger partial charge in [0.2, 0.25) is 0 Å². The maximum atomic E-state index is 5.64. The minimum atomic E-state index is 0.358. The van der Waals surface area contributed by atoms with E-state index in [0.717, 1.165) is 44.7 Å². The molecule has 1 saturated carbocycles. The molecule has 1 aliphatic carbocycles. The Morgan fingerprint density at radius 3 is 3.05 bits per heavy atom. The summed E-state index contributed by atoms with van der Waals surface area (Å²) in [6, 6.07) is 1.55. The topological polar surface area (TPSA) is 55.2 Å². The van der Waals surface area contributed by atoms with Crippen molar-refractivity contribution in [3.63, 3.8) is 0 Å². The van der Waals surface area contributed by atoms with Crippen molar-refractivity contribution in [2.45, 2.75) is 51.4 Å². The minimum absolute atomic E-state index is 0.358. The first-order chi connectivity index (χ1) is 9.74. The summed E-state index contributed by atoms with van der Waals surface area (Å²) in [4.78, 5) is 6.90. The lowest BCUT2D eigenvalue weighted by atomic mass is 10.2. The van der Waals surface area contributed by atoms with Gasteiger partial charge in [-0.15, -0.1) is 0 Å². The standard InChI is InChI=1S/C14H25N5O/c1-11(2)19-14(16-10-17-19)8-18-5-6-20-9-13(18)7-15-12-3-4-12/h10-13,15H,3-9H2,1-2H3. The monoisotopic (exact) mass is 279 g/mol. The van der Waals surface area contributed by atoms with Gasteiger partial charge in [-0.1, -0.05) is 0 Å². The van der Waals surface area contributed by atoms with Gasteiger partial charge in [0, 0.05) is 31.2 Å². The van der Waals surface area contributed by atoms with E-state index in [-0.39, 0.29) is 0 Å². The molecule has 2 heterocycles. The highest BCUT2D eigenvalue weighted by Crippen LogP contribution is 2.19. The normalized spacial score (nSPS) is 24.4. The first-order valence-electron chi connectivity index (χ1n) is 7.67. The summed E-state index contributed by atoms with van der Waals surface area (Å²) < 4.78 is 7.65. The summed E-state index contributed by atoms with van der Waals surface area (Å²) in [7, 11) is 0. The quantitative estimate of drug-likeness (QED) is 0.835. The van der Waals surface area contributed by atoms with E-state index in [1.807, 2.05) is 4.68 Å². The van der Waals surface area contributed by atoms with Gasteiger partial charge in [-0.3, -0.25) is 4.90 Å². The van der Waals surface area contributed by atoms with Crippen molar-refractivity contribution in [3.8, 4) is 0 Å². The zero-order chi connectivity index (χ0) is 13.9. The molecule has 0 radical (unpaired) electrons. The zero-order valence-corrected chi connectivity index (χ0v) is 12.5. The van der Waals surface area contributed by atoms with Gasteiger partial charge in [-0.2, -0.15) is 5.10 Å². The van der Waals surface area contributed by atoms with Crippen LogP contribution in [-0.4, -0.2) is 58.1 Å². The Labute approximate surface area is 120 Å². The molecule has 1 aromatic rings. The molecule has 20 heavy (non-hydrogen) atoms. The summed E-state index contributed by atoms with van der Waals surface area (Å²) in [5.41, 5.74) is 0. The molecule has 3 rings (SSSR count). The van der Waals surface area contributed by atoms with Crippen molar-refractivity contribution in [2.75, 3.05) is 26.3 Å². The third-order valence-electron chi connectivity index (χ3n) is 4.05. The number of hydrogen-bond donors (Lipinski definition) is 1. The third kappa shape index (κ3) is 3.37. The van der Waals surface area contributed by atoms with Gasteiger partial charge in [0.05, 0.1) is 19.8 Å². The molecule has 0 aromatic carbocycles. The zero-order valence-electron chi connectivity index (χ0n) is 12.5. The van der Waals surface area contributed by atoms with Crippen LogP contribution >= 0.6 is 0 Å². The van der Waals surface area contributed by atoms with Crippen molar-refractivity contribution in [1.29, 1.82) is 0 Å². The van der Waals surface area contributed by atoms with E-state index < -0.39 is 0 Å². The van der Waals surface area contributed by atoms with Crippen molar-refractivity contribution in [1.82, 2.24) is 25.0 Å². The molecule has 6 heteroatoms. The van der Waals surface area contributed by atoms with E-state index in [2.05, 4.69) is 34.1 Å². The largest absolute Gasteiger partial charge is 0.378 e. The number of nitrogens with zero attached hydrogens (tertiary/aromatic N) is 4. The SMILES string of the molecule is CC(C)n1ncnc1CN1CCOCC1CNC1CC1. The van der Waals surface area contributed by atoms with Crippen LogP contribution in [0.4, 0.5) is 0 Å². The second-order valence-electron chi connectivity index (χ2n) is 6.10. The predicted octanol–water partition coefficient (Wildman–Crippen LogP) is 0.812. The molecule has 0 amide bonds. The van der Waals surface area contributed by atoms with Gasteiger partial charge in [0.15, 0.2) is 0 Å². The van der Waals surface area contributed by atoms with Gasteiger partial charge in [0.25, 0.3) is 0 Å². The molecule has 1 saturated heterocycles. The molecular weight excluding hydrogens is 254 g/mol. The first-order valence-corrected chi connectivity index (χ1v) is 7.67. The highest BCUT2D eigenvalue weighted by Gasteiger charge is 2.27. The van der Waals surface area contributed by atoms with Crippen LogP contribution in [0.1, 0.15) is 38.6 Å². The molecule has 1 unspecified atom stereocenters. The molecule has 6 nitrogen and oxygen atoms in total. The molecule has 112 valence electrons. The van der Waals surface area contributed by atoms with Gasteiger partial charge in [0.1, 0.15) is 12.2 Å². The van der Waals surface area contributed by atoms with Crippen molar-refractivity contribution >= 4 is 0 Å². The van der Waals surface area contributed by atoms with E-state index in [1.165, 1.54) is 12.8 Å². The van der Waals surface area contributed by atoms with Gasteiger partial charge >= 0.3 is 0 Å². The Morgan fingerprint density at radius 2 is 2.30 bits per heavy atom. The van der Waals surface area contributed by atoms with Gasteiger partial charge in [-0.25, -0.2) is 9.67 Å². The summed E-state index contributed by atoms with van der Waals surface area (Å²) in [6.45, 7) is 8.76. The fraction of sp³-hybridized carbons (Fsp3) is 0.857. The van der Waals surface area contributed by atoms with Crippen LogP contribution in [0, 0.1) is 0 Å². The van der Waals surface area contributed by atoms with Crippen molar-refractivity contribution in [3.05, 3.63) is 12.2 Å². The Balaban J connectivity index is 1.61. The van der Waals surface area contributed by atoms with Gasteiger partial charge in [-0.05, 0) is 26.7 Å². The summed E-state index contributed by atoms with van der Waals surface area (Å²) >= 11 is 0. The predicted molar refractivity (Wildman–Crippen MR) is 76.4 cm³/mol. The van der Waals surface area contributed by atoms with Crippen LogP contribution in [0.25, 0.3) is 0 Å². The molecule has 1 aliphatic heterocycles. The fourth-order valence-corrected chi connectivity index (χ4v) is 2.68. The second-order valence-corrected chi connectivity index (χ2v) is 6.10. The average molecular weight is 279 g/mol. The van der Waals surface area contributed by atoms with E-state index >= 15 is 0 Å². The molecule has 0 bridgehead atoms. The maximum absolute atomic E-state index is 5.64. The average Bonchev–Trinajstić information content (AvgIpc) is 3.15. The Bertz CT molecular complexity index is 429. The number of morpholine rings is 1. The van der Waals surface area contributed by atoms with E-state index in [0.29, 0.717) is 12.1 Å². The number of rotatable bonds is 6. The molecule has 1 N–H and O–H groups in total. The second kappa shape index (κ2) is 6.20. The van der Waals surface area contributed by atoms with Crippen LogP contribution in [0.5, 0.6) is 0 Å². The van der Waals surface area contributed by atoms with Crippen molar-refractivity contribution < 1.29 is 4.74 Å². The number of ether oxygens (including phenoxy) is 1. The Kier molecular flexibility index (Phi) is 4.33. The Hall–Kier alpha value is -0.980. The first kappa shape index (κ1) is 14.0. The van der Waals surface area contributed by atoms with Crippen LogP contribution in [0.2, 0.25) is 0 Å². The van der Waals surface area contributed by atoms with Crippen LogP contribution in [-0.2, 0) is 11.3 Å². The molecule has 2 fully saturated rings. The molecule has 1 aromatic heterocycles.